The van der Waals surface area contributed by atoms with Gasteiger partial charge in [0.05, 0.1) is 6.54 Å². The Hall–Kier alpha value is -3.41. The Labute approximate surface area is 155 Å². The quantitative estimate of drug-likeness (QED) is 0.594. The van der Waals surface area contributed by atoms with Crippen LogP contribution < -0.4 is 11.2 Å². The number of nitrogens with zero attached hydrogens (tertiary/aromatic N) is 3. The van der Waals surface area contributed by atoms with Gasteiger partial charge in [-0.1, -0.05) is 60.7 Å². The molecule has 6 heteroatoms. The molecule has 1 N–H and O–H groups in total. The van der Waals surface area contributed by atoms with Crippen LogP contribution in [0.2, 0.25) is 0 Å². The van der Waals surface area contributed by atoms with E-state index >= 15 is 0 Å². The Bertz CT molecular complexity index is 1190. The lowest BCUT2D eigenvalue weighted by atomic mass is 10.1. The largest absolute Gasteiger partial charge is 0.330 e. The highest BCUT2D eigenvalue weighted by atomic mass is 16.2. The molecule has 6 nitrogen and oxygen atoms in total. The summed E-state index contributed by atoms with van der Waals surface area (Å²) in [6.07, 6.45) is 0.579. The van der Waals surface area contributed by atoms with Crippen molar-refractivity contribution in [3.63, 3.8) is 0 Å². The molecule has 0 bridgehead atoms. The first kappa shape index (κ1) is 17.0. The van der Waals surface area contributed by atoms with Crippen molar-refractivity contribution in [2.75, 3.05) is 0 Å². The molecule has 4 rings (SSSR count). The van der Waals surface area contributed by atoms with Crippen LogP contribution in [0.5, 0.6) is 0 Å². The molecule has 0 aliphatic heterocycles. The van der Waals surface area contributed by atoms with Gasteiger partial charge in [0.15, 0.2) is 5.52 Å². The molecule has 0 saturated carbocycles. The molecule has 2 aromatic heterocycles. The van der Waals surface area contributed by atoms with Crippen molar-refractivity contribution in [1.82, 2.24) is 19.1 Å². The lowest BCUT2D eigenvalue weighted by Gasteiger charge is -2.09. The monoisotopic (exact) mass is 360 g/mol. The number of aromatic nitrogens is 4. The Morgan fingerprint density at radius 3 is 2.15 bits per heavy atom. The van der Waals surface area contributed by atoms with Crippen molar-refractivity contribution in [3.05, 3.63) is 98.5 Å². The third-order valence-corrected chi connectivity index (χ3v) is 4.67. The van der Waals surface area contributed by atoms with Gasteiger partial charge in [-0.15, -0.1) is 0 Å². The standard InChI is InChI=1S/C21H20N4O2/c1-2-24-20(26)18-19(23-21(24)27)25(14-16-11-7-4-8-12-16)17(22-18)13-15-9-5-3-6-10-15/h3-12H,2,13-14H2,1H3,(H,23,27). The minimum atomic E-state index is -0.407. The highest BCUT2D eigenvalue weighted by Crippen LogP contribution is 2.16. The lowest BCUT2D eigenvalue weighted by Crippen LogP contribution is -2.34. The van der Waals surface area contributed by atoms with Crippen molar-refractivity contribution < 1.29 is 0 Å². The van der Waals surface area contributed by atoms with E-state index in [0.717, 1.165) is 17.0 Å². The van der Waals surface area contributed by atoms with E-state index in [4.69, 9.17) is 0 Å². The van der Waals surface area contributed by atoms with Gasteiger partial charge in [-0.2, -0.15) is 0 Å². The lowest BCUT2D eigenvalue weighted by molar-refractivity contribution is 0.677. The Kier molecular flexibility index (Phi) is 4.46. The molecule has 0 atom stereocenters. The molecular weight excluding hydrogens is 340 g/mol. The summed E-state index contributed by atoms with van der Waals surface area (Å²) in [5, 5.41) is 0. The van der Waals surface area contributed by atoms with Gasteiger partial charge in [0.2, 0.25) is 0 Å². The van der Waals surface area contributed by atoms with Gasteiger partial charge in [-0.05, 0) is 18.1 Å². The van der Waals surface area contributed by atoms with Gasteiger partial charge in [-0.3, -0.25) is 14.3 Å². The molecule has 0 amide bonds. The average Bonchev–Trinajstić information content (AvgIpc) is 3.01. The van der Waals surface area contributed by atoms with E-state index in [2.05, 4.69) is 9.97 Å². The minimum Gasteiger partial charge on any atom is -0.309 e. The predicted molar refractivity (Wildman–Crippen MR) is 105 cm³/mol. The van der Waals surface area contributed by atoms with Crippen LogP contribution in [-0.4, -0.2) is 19.1 Å². The molecule has 0 aliphatic rings. The van der Waals surface area contributed by atoms with Gasteiger partial charge in [-0.25, -0.2) is 9.78 Å². The third kappa shape index (κ3) is 3.21. The smallest absolute Gasteiger partial charge is 0.309 e. The van der Waals surface area contributed by atoms with Gasteiger partial charge in [0, 0.05) is 13.0 Å². The third-order valence-electron chi connectivity index (χ3n) is 4.67. The maximum Gasteiger partial charge on any atom is 0.330 e. The molecule has 2 heterocycles. The molecule has 0 radical (unpaired) electrons. The molecule has 0 saturated heterocycles. The number of imidazole rings is 1. The Balaban J connectivity index is 1.92. The topological polar surface area (TPSA) is 72.7 Å². The van der Waals surface area contributed by atoms with Crippen molar-refractivity contribution in [2.45, 2.75) is 26.4 Å². The summed E-state index contributed by atoms with van der Waals surface area (Å²) in [6, 6.07) is 19.9. The van der Waals surface area contributed by atoms with Crippen LogP contribution >= 0.6 is 0 Å². The van der Waals surface area contributed by atoms with Crippen molar-refractivity contribution in [2.24, 2.45) is 0 Å². The summed E-state index contributed by atoms with van der Waals surface area (Å²) in [5.41, 5.74) is 2.20. The summed E-state index contributed by atoms with van der Waals surface area (Å²) >= 11 is 0. The molecule has 0 aliphatic carbocycles. The van der Waals surface area contributed by atoms with Crippen molar-refractivity contribution >= 4 is 11.2 Å². The molecule has 0 fully saturated rings. The number of hydrogen-bond donors (Lipinski definition) is 1. The number of aromatic amines is 1. The van der Waals surface area contributed by atoms with E-state index in [9.17, 15) is 9.59 Å². The zero-order valence-corrected chi connectivity index (χ0v) is 15.1. The molecule has 0 unspecified atom stereocenters. The number of benzene rings is 2. The second-order valence-corrected chi connectivity index (χ2v) is 6.44. The van der Waals surface area contributed by atoms with Crippen LogP contribution in [0.15, 0.2) is 70.3 Å². The summed E-state index contributed by atoms with van der Waals surface area (Å²) in [5.74, 6) is 0.752. The predicted octanol–water partition coefficient (Wildman–Crippen LogP) is 2.55. The number of nitrogens with one attached hydrogen (secondary N) is 1. The SMILES string of the molecule is CCn1c(=O)[nH]c2c(nc(Cc3ccccc3)n2Cc2ccccc2)c1=O. The Morgan fingerprint density at radius 1 is 0.889 bits per heavy atom. The zero-order chi connectivity index (χ0) is 18.8. The van der Waals surface area contributed by atoms with Gasteiger partial charge < -0.3 is 4.57 Å². The normalized spacial score (nSPS) is 11.1. The van der Waals surface area contributed by atoms with Crippen molar-refractivity contribution in [3.8, 4) is 0 Å². The highest BCUT2D eigenvalue weighted by molar-refractivity contribution is 5.70. The maximum atomic E-state index is 12.7. The molecule has 4 aromatic rings. The van der Waals surface area contributed by atoms with Crippen LogP contribution in [0.1, 0.15) is 23.9 Å². The minimum absolute atomic E-state index is 0.304. The molecular formula is C21H20N4O2. The van der Waals surface area contributed by atoms with Gasteiger partial charge in [0.25, 0.3) is 5.56 Å². The Morgan fingerprint density at radius 2 is 1.52 bits per heavy atom. The first-order valence-corrected chi connectivity index (χ1v) is 8.97. The van der Waals surface area contributed by atoms with Crippen LogP contribution in [0.4, 0.5) is 0 Å². The van der Waals surface area contributed by atoms with E-state index in [-0.39, 0.29) is 5.56 Å². The number of rotatable bonds is 5. The van der Waals surface area contributed by atoms with E-state index < -0.39 is 5.69 Å². The molecule has 136 valence electrons. The van der Waals surface area contributed by atoms with E-state index in [0.29, 0.717) is 30.7 Å². The van der Waals surface area contributed by atoms with Gasteiger partial charge >= 0.3 is 5.69 Å². The summed E-state index contributed by atoms with van der Waals surface area (Å²) < 4.78 is 3.11. The van der Waals surface area contributed by atoms with Gasteiger partial charge in [0.1, 0.15) is 11.5 Å². The number of fused-ring (bicyclic) bond motifs is 1. The van der Waals surface area contributed by atoms with Crippen LogP contribution in [-0.2, 0) is 19.5 Å². The van der Waals surface area contributed by atoms with E-state index in [1.807, 2.05) is 65.2 Å². The average molecular weight is 360 g/mol. The summed E-state index contributed by atoms with van der Waals surface area (Å²) in [6.45, 7) is 2.61. The number of hydrogen-bond acceptors (Lipinski definition) is 3. The van der Waals surface area contributed by atoms with E-state index in [1.54, 1.807) is 6.92 Å². The van der Waals surface area contributed by atoms with Crippen LogP contribution in [0, 0.1) is 0 Å². The summed E-state index contributed by atoms with van der Waals surface area (Å²) in [4.78, 5) is 32.5. The molecule has 27 heavy (non-hydrogen) atoms. The fourth-order valence-corrected chi connectivity index (χ4v) is 3.30. The van der Waals surface area contributed by atoms with E-state index in [1.165, 1.54) is 4.57 Å². The fraction of sp³-hybridized carbons (Fsp3) is 0.190. The second-order valence-electron chi connectivity index (χ2n) is 6.44. The first-order valence-electron chi connectivity index (χ1n) is 8.97. The number of H-pyrrole nitrogens is 1. The van der Waals surface area contributed by atoms with Crippen LogP contribution in [0.25, 0.3) is 11.2 Å². The maximum absolute atomic E-state index is 12.7. The fourth-order valence-electron chi connectivity index (χ4n) is 3.30. The molecule has 2 aromatic carbocycles. The molecule has 0 spiro atoms. The highest BCUT2D eigenvalue weighted by Gasteiger charge is 2.17. The summed E-state index contributed by atoms with van der Waals surface area (Å²) in [7, 11) is 0. The van der Waals surface area contributed by atoms with Crippen LogP contribution in [0.3, 0.4) is 0 Å². The second kappa shape index (κ2) is 7.07. The van der Waals surface area contributed by atoms with Crippen molar-refractivity contribution in [1.29, 1.82) is 0 Å². The zero-order valence-electron chi connectivity index (χ0n) is 15.1. The first-order chi connectivity index (χ1) is 13.2.